The topological polar surface area (TPSA) is 44.5 Å². The first-order chi connectivity index (χ1) is 9.20. The Hall–Kier alpha value is -1.22. The summed E-state index contributed by atoms with van der Waals surface area (Å²) in [5, 5.41) is 0. The Kier molecular flexibility index (Phi) is 5.46. The molecule has 0 aromatic heterocycles. The van der Waals surface area contributed by atoms with Gasteiger partial charge in [-0.1, -0.05) is 27.7 Å². The van der Waals surface area contributed by atoms with Crippen molar-refractivity contribution in [3.05, 3.63) is 23.3 Å². The summed E-state index contributed by atoms with van der Waals surface area (Å²) < 4.78 is 10.7. The van der Waals surface area contributed by atoms with Gasteiger partial charge in [0.1, 0.15) is 0 Å². The second-order valence-electron chi connectivity index (χ2n) is 6.67. The highest BCUT2D eigenvalue weighted by Crippen LogP contribution is 2.36. The zero-order valence-corrected chi connectivity index (χ0v) is 13.9. The molecule has 1 aromatic carbocycles. The van der Waals surface area contributed by atoms with E-state index in [4.69, 9.17) is 15.2 Å². The molecule has 2 unspecified atom stereocenters. The molecular formula is C17H29NO2. The van der Waals surface area contributed by atoms with Crippen LogP contribution in [0.25, 0.3) is 0 Å². The van der Waals surface area contributed by atoms with Gasteiger partial charge in [-0.15, -0.1) is 0 Å². The molecule has 0 aliphatic heterocycles. The van der Waals surface area contributed by atoms with E-state index in [1.807, 2.05) is 12.1 Å². The molecule has 0 spiro atoms. The van der Waals surface area contributed by atoms with E-state index >= 15 is 0 Å². The third-order valence-corrected chi connectivity index (χ3v) is 4.26. The summed E-state index contributed by atoms with van der Waals surface area (Å²) in [6, 6.07) is 4.02. The van der Waals surface area contributed by atoms with Crippen LogP contribution >= 0.6 is 0 Å². The second kappa shape index (κ2) is 6.49. The highest BCUT2D eigenvalue weighted by Gasteiger charge is 2.24. The van der Waals surface area contributed by atoms with E-state index in [9.17, 15) is 0 Å². The number of benzene rings is 1. The van der Waals surface area contributed by atoms with Crippen LogP contribution in [0, 0.1) is 18.3 Å². The quantitative estimate of drug-likeness (QED) is 0.883. The van der Waals surface area contributed by atoms with E-state index in [0.717, 1.165) is 29.0 Å². The molecule has 0 fully saturated rings. The first-order valence-corrected chi connectivity index (χ1v) is 7.18. The average Bonchev–Trinajstić information content (AvgIpc) is 2.36. The normalized spacial score (nSPS) is 14.8. The molecule has 114 valence electrons. The minimum Gasteiger partial charge on any atom is -0.493 e. The van der Waals surface area contributed by atoms with Crippen LogP contribution in [0.3, 0.4) is 0 Å². The fourth-order valence-corrected chi connectivity index (χ4v) is 2.26. The van der Waals surface area contributed by atoms with Crippen molar-refractivity contribution in [2.24, 2.45) is 17.1 Å². The Bertz CT molecular complexity index is 449. The molecule has 2 N–H and O–H groups in total. The van der Waals surface area contributed by atoms with Crippen LogP contribution in [-0.2, 0) is 0 Å². The monoisotopic (exact) mass is 279 g/mol. The van der Waals surface area contributed by atoms with Gasteiger partial charge in [0.2, 0.25) is 0 Å². The number of aryl methyl sites for hydroxylation is 1. The van der Waals surface area contributed by atoms with Crippen LogP contribution in [0.4, 0.5) is 0 Å². The highest BCUT2D eigenvalue weighted by molar-refractivity contribution is 5.48. The van der Waals surface area contributed by atoms with Crippen LogP contribution in [0.5, 0.6) is 11.5 Å². The number of nitrogens with two attached hydrogens (primary N) is 1. The first-order valence-electron chi connectivity index (χ1n) is 7.18. The van der Waals surface area contributed by atoms with Gasteiger partial charge in [-0.05, 0) is 47.9 Å². The van der Waals surface area contributed by atoms with Crippen molar-refractivity contribution in [2.45, 2.75) is 47.1 Å². The van der Waals surface area contributed by atoms with Gasteiger partial charge >= 0.3 is 0 Å². The van der Waals surface area contributed by atoms with E-state index < -0.39 is 0 Å². The molecular weight excluding hydrogens is 250 g/mol. The summed E-state index contributed by atoms with van der Waals surface area (Å²) >= 11 is 0. The number of hydrogen-bond donors (Lipinski definition) is 1. The summed E-state index contributed by atoms with van der Waals surface area (Å²) in [6.07, 6.45) is 0.958. The standard InChI is InChI=1S/C17H29NO2/c1-11-8-15(19-6)16(20-7)10-13(11)14(18)9-12(2)17(3,4)5/h8,10,12,14H,9,18H2,1-7H3. The van der Waals surface area contributed by atoms with E-state index in [1.165, 1.54) is 0 Å². The maximum Gasteiger partial charge on any atom is 0.161 e. The van der Waals surface area contributed by atoms with Gasteiger partial charge in [-0.2, -0.15) is 0 Å². The molecule has 0 amide bonds. The van der Waals surface area contributed by atoms with E-state index in [1.54, 1.807) is 14.2 Å². The Morgan fingerprint density at radius 2 is 1.60 bits per heavy atom. The fraction of sp³-hybridized carbons (Fsp3) is 0.647. The first kappa shape index (κ1) is 16.8. The largest absolute Gasteiger partial charge is 0.493 e. The molecule has 0 saturated carbocycles. The third-order valence-electron chi connectivity index (χ3n) is 4.26. The molecule has 0 aliphatic rings. The smallest absolute Gasteiger partial charge is 0.161 e. The number of methoxy groups -OCH3 is 2. The molecule has 2 atom stereocenters. The van der Waals surface area contributed by atoms with Crippen molar-refractivity contribution in [1.29, 1.82) is 0 Å². The molecule has 0 heterocycles. The van der Waals surface area contributed by atoms with Crippen molar-refractivity contribution in [3.8, 4) is 11.5 Å². The Morgan fingerprint density at radius 1 is 1.10 bits per heavy atom. The lowest BCUT2D eigenvalue weighted by molar-refractivity contribution is 0.233. The predicted molar refractivity (Wildman–Crippen MR) is 84.4 cm³/mol. The van der Waals surface area contributed by atoms with Gasteiger partial charge in [0.05, 0.1) is 14.2 Å². The van der Waals surface area contributed by atoms with E-state index in [2.05, 4.69) is 34.6 Å². The minimum atomic E-state index is 0.0176. The molecule has 3 heteroatoms. The Labute approximate surface area is 123 Å². The summed E-state index contributed by atoms with van der Waals surface area (Å²) in [4.78, 5) is 0. The van der Waals surface area contributed by atoms with Crippen LogP contribution in [0.15, 0.2) is 12.1 Å². The molecule has 1 rings (SSSR count). The fourth-order valence-electron chi connectivity index (χ4n) is 2.26. The SMILES string of the molecule is COc1cc(C)c(C(N)CC(C)C(C)(C)C)cc1OC. The van der Waals surface area contributed by atoms with Crippen molar-refractivity contribution in [1.82, 2.24) is 0 Å². The highest BCUT2D eigenvalue weighted by atomic mass is 16.5. The van der Waals surface area contributed by atoms with Gasteiger partial charge in [-0.25, -0.2) is 0 Å². The van der Waals surface area contributed by atoms with Crippen LogP contribution in [0.1, 0.15) is 51.3 Å². The third kappa shape index (κ3) is 3.89. The van der Waals surface area contributed by atoms with Gasteiger partial charge in [0.25, 0.3) is 0 Å². The maximum absolute atomic E-state index is 6.41. The molecule has 1 aromatic rings. The second-order valence-corrected chi connectivity index (χ2v) is 6.67. The van der Waals surface area contributed by atoms with Crippen molar-refractivity contribution in [2.75, 3.05) is 14.2 Å². The summed E-state index contributed by atoms with van der Waals surface area (Å²) in [6.45, 7) is 11.1. The molecule has 3 nitrogen and oxygen atoms in total. The lowest BCUT2D eigenvalue weighted by Crippen LogP contribution is -2.23. The van der Waals surface area contributed by atoms with E-state index in [-0.39, 0.29) is 11.5 Å². The molecule has 0 bridgehead atoms. The summed E-state index contributed by atoms with van der Waals surface area (Å²) in [7, 11) is 3.30. The zero-order valence-electron chi connectivity index (χ0n) is 13.9. The Balaban J connectivity index is 3.01. The zero-order chi connectivity index (χ0) is 15.5. The van der Waals surface area contributed by atoms with Gasteiger partial charge < -0.3 is 15.2 Å². The predicted octanol–water partition coefficient (Wildman–Crippen LogP) is 4.08. The molecule has 0 radical (unpaired) electrons. The summed E-state index contributed by atoms with van der Waals surface area (Å²) in [5.74, 6) is 2.04. The minimum absolute atomic E-state index is 0.0176. The van der Waals surface area contributed by atoms with Crippen molar-refractivity contribution in [3.63, 3.8) is 0 Å². The molecule has 20 heavy (non-hydrogen) atoms. The molecule has 0 saturated heterocycles. The summed E-state index contributed by atoms with van der Waals surface area (Å²) in [5.41, 5.74) is 8.97. The lowest BCUT2D eigenvalue weighted by Gasteiger charge is -2.30. The van der Waals surface area contributed by atoms with Crippen LogP contribution in [0.2, 0.25) is 0 Å². The van der Waals surface area contributed by atoms with Gasteiger partial charge in [0, 0.05) is 6.04 Å². The van der Waals surface area contributed by atoms with Crippen molar-refractivity contribution >= 4 is 0 Å². The van der Waals surface area contributed by atoms with Gasteiger partial charge in [-0.3, -0.25) is 0 Å². The Morgan fingerprint density at radius 3 is 2.05 bits per heavy atom. The number of rotatable bonds is 5. The number of hydrogen-bond acceptors (Lipinski definition) is 3. The van der Waals surface area contributed by atoms with Gasteiger partial charge in [0.15, 0.2) is 11.5 Å². The van der Waals surface area contributed by atoms with Crippen molar-refractivity contribution < 1.29 is 9.47 Å². The number of ether oxygens (including phenoxy) is 2. The average molecular weight is 279 g/mol. The lowest BCUT2D eigenvalue weighted by atomic mass is 9.77. The molecule has 0 aliphatic carbocycles. The van der Waals surface area contributed by atoms with Crippen LogP contribution in [-0.4, -0.2) is 14.2 Å². The van der Waals surface area contributed by atoms with E-state index in [0.29, 0.717) is 5.92 Å². The maximum atomic E-state index is 6.41. The van der Waals surface area contributed by atoms with Crippen LogP contribution < -0.4 is 15.2 Å².